The smallest absolute Gasteiger partial charge is 0.383 e. The van der Waals surface area contributed by atoms with E-state index in [-0.39, 0.29) is 11.9 Å². The molecule has 19 heavy (non-hydrogen) atoms. The van der Waals surface area contributed by atoms with E-state index < -0.39 is 5.63 Å². The van der Waals surface area contributed by atoms with E-state index in [1.54, 1.807) is 18.2 Å². The van der Waals surface area contributed by atoms with Crippen LogP contribution in [0.2, 0.25) is 0 Å². The molecule has 0 saturated carbocycles. The van der Waals surface area contributed by atoms with Gasteiger partial charge in [-0.25, -0.2) is 4.79 Å². The van der Waals surface area contributed by atoms with Gasteiger partial charge in [0.25, 0.3) is 0 Å². The van der Waals surface area contributed by atoms with Gasteiger partial charge in [0.2, 0.25) is 5.75 Å². The Labute approximate surface area is 110 Å². The van der Waals surface area contributed by atoms with Crippen molar-refractivity contribution in [2.45, 2.75) is 20.0 Å². The second-order valence-corrected chi connectivity index (χ2v) is 4.26. The van der Waals surface area contributed by atoms with Crippen LogP contribution in [0.1, 0.15) is 13.8 Å². The zero-order valence-corrected chi connectivity index (χ0v) is 11.4. The van der Waals surface area contributed by atoms with Crippen LogP contribution in [0.3, 0.4) is 0 Å². The van der Waals surface area contributed by atoms with Crippen molar-refractivity contribution < 1.29 is 18.6 Å². The fraction of sp³-hybridized carbons (Fsp3) is 0.357. The van der Waals surface area contributed by atoms with Crippen LogP contribution < -0.4 is 19.8 Å². The lowest BCUT2D eigenvalue weighted by Gasteiger charge is -2.15. The van der Waals surface area contributed by atoms with E-state index in [0.29, 0.717) is 22.5 Å². The minimum Gasteiger partial charge on any atom is -0.493 e. The lowest BCUT2D eigenvalue weighted by atomic mass is 10.2. The molecule has 2 aromatic rings. The highest BCUT2D eigenvalue weighted by atomic mass is 16.5. The fourth-order valence-electron chi connectivity index (χ4n) is 1.84. The maximum absolute atomic E-state index is 11.9. The summed E-state index contributed by atoms with van der Waals surface area (Å²) < 4.78 is 21.2. The van der Waals surface area contributed by atoms with Gasteiger partial charge in [-0.05, 0) is 26.0 Å². The van der Waals surface area contributed by atoms with E-state index in [1.165, 1.54) is 14.2 Å². The second-order valence-electron chi connectivity index (χ2n) is 4.26. The van der Waals surface area contributed by atoms with Crippen LogP contribution in [0.4, 0.5) is 0 Å². The Balaban J connectivity index is 2.83. The minimum atomic E-state index is -0.588. The molecule has 0 radical (unpaired) electrons. The molecule has 0 aliphatic rings. The summed E-state index contributed by atoms with van der Waals surface area (Å²) in [6.07, 6.45) is -0.0925. The summed E-state index contributed by atoms with van der Waals surface area (Å²) in [5.74, 6) is 0.919. The highest BCUT2D eigenvalue weighted by molar-refractivity contribution is 5.89. The highest BCUT2D eigenvalue weighted by Crippen LogP contribution is 2.36. The SMILES string of the molecule is COc1c(OC(C)C)c2cccc(OC)c2oc1=O. The third kappa shape index (κ3) is 2.36. The average Bonchev–Trinajstić information content (AvgIpc) is 2.37. The Bertz CT molecular complexity index is 642. The van der Waals surface area contributed by atoms with Gasteiger partial charge in [0.15, 0.2) is 17.1 Å². The van der Waals surface area contributed by atoms with Gasteiger partial charge in [0.05, 0.1) is 25.7 Å². The Morgan fingerprint density at radius 3 is 2.42 bits per heavy atom. The largest absolute Gasteiger partial charge is 0.493 e. The number of ether oxygens (including phenoxy) is 3. The molecule has 5 nitrogen and oxygen atoms in total. The standard InChI is InChI=1S/C14H16O5/c1-8(2)18-12-9-6-5-7-10(16-3)11(9)19-14(15)13(12)17-4/h5-8H,1-4H3. The maximum atomic E-state index is 11.9. The number of para-hydroxylation sites is 1. The third-order valence-corrected chi connectivity index (χ3v) is 2.59. The number of hydrogen-bond acceptors (Lipinski definition) is 5. The van der Waals surface area contributed by atoms with Gasteiger partial charge in [-0.15, -0.1) is 0 Å². The number of rotatable bonds is 4. The normalized spacial score (nSPS) is 10.8. The van der Waals surface area contributed by atoms with Crippen LogP contribution in [-0.4, -0.2) is 20.3 Å². The van der Waals surface area contributed by atoms with Crippen molar-refractivity contribution in [2.24, 2.45) is 0 Å². The molecule has 0 aliphatic carbocycles. The van der Waals surface area contributed by atoms with Gasteiger partial charge in [-0.3, -0.25) is 0 Å². The van der Waals surface area contributed by atoms with E-state index in [4.69, 9.17) is 18.6 Å². The summed E-state index contributed by atoms with van der Waals surface area (Å²) in [4.78, 5) is 11.9. The van der Waals surface area contributed by atoms with Crippen molar-refractivity contribution in [2.75, 3.05) is 14.2 Å². The van der Waals surface area contributed by atoms with Crippen LogP contribution in [0.25, 0.3) is 11.0 Å². The molecular formula is C14H16O5. The van der Waals surface area contributed by atoms with E-state index in [1.807, 2.05) is 13.8 Å². The fourth-order valence-corrected chi connectivity index (χ4v) is 1.84. The van der Waals surface area contributed by atoms with E-state index in [9.17, 15) is 4.79 Å². The van der Waals surface area contributed by atoms with Crippen molar-refractivity contribution in [1.82, 2.24) is 0 Å². The molecule has 0 amide bonds. The summed E-state index contributed by atoms with van der Waals surface area (Å²) in [7, 11) is 2.92. The Kier molecular flexibility index (Phi) is 3.64. The molecule has 1 aromatic heterocycles. The molecule has 0 saturated heterocycles. The third-order valence-electron chi connectivity index (χ3n) is 2.59. The van der Waals surface area contributed by atoms with Crippen LogP contribution >= 0.6 is 0 Å². The lowest BCUT2D eigenvalue weighted by Crippen LogP contribution is -2.12. The molecule has 0 unspecified atom stereocenters. The van der Waals surface area contributed by atoms with Crippen molar-refractivity contribution in [1.29, 1.82) is 0 Å². The molecule has 5 heteroatoms. The molecule has 0 spiro atoms. The Hall–Kier alpha value is -2.17. The zero-order valence-electron chi connectivity index (χ0n) is 11.4. The van der Waals surface area contributed by atoms with Gasteiger partial charge in [-0.2, -0.15) is 0 Å². The first-order chi connectivity index (χ1) is 9.08. The van der Waals surface area contributed by atoms with Gasteiger partial charge in [0, 0.05) is 0 Å². The van der Waals surface area contributed by atoms with Gasteiger partial charge < -0.3 is 18.6 Å². The van der Waals surface area contributed by atoms with Crippen molar-refractivity contribution in [3.63, 3.8) is 0 Å². The predicted molar refractivity (Wildman–Crippen MR) is 71.4 cm³/mol. The summed E-state index contributed by atoms with van der Waals surface area (Å²) in [6, 6.07) is 5.31. The number of hydrogen-bond donors (Lipinski definition) is 0. The van der Waals surface area contributed by atoms with Gasteiger partial charge in [-0.1, -0.05) is 6.07 Å². The molecule has 0 fully saturated rings. The second kappa shape index (κ2) is 5.22. The molecule has 0 N–H and O–H groups in total. The zero-order chi connectivity index (χ0) is 14.0. The average molecular weight is 264 g/mol. The first-order valence-corrected chi connectivity index (χ1v) is 5.93. The Morgan fingerprint density at radius 2 is 1.84 bits per heavy atom. The van der Waals surface area contributed by atoms with E-state index in [2.05, 4.69) is 0 Å². The molecule has 0 aliphatic heterocycles. The molecule has 0 atom stereocenters. The van der Waals surface area contributed by atoms with E-state index in [0.717, 1.165) is 0 Å². The van der Waals surface area contributed by atoms with Crippen molar-refractivity contribution >= 4 is 11.0 Å². The molecule has 0 bridgehead atoms. The van der Waals surface area contributed by atoms with Gasteiger partial charge >= 0.3 is 5.63 Å². The number of benzene rings is 1. The first-order valence-electron chi connectivity index (χ1n) is 5.93. The molecule has 1 aromatic carbocycles. The van der Waals surface area contributed by atoms with E-state index >= 15 is 0 Å². The minimum absolute atomic E-state index is 0.0643. The topological polar surface area (TPSA) is 57.9 Å². The summed E-state index contributed by atoms with van der Waals surface area (Å²) in [5, 5.41) is 0.643. The molecule has 102 valence electrons. The monoisotopic (exact) mass is 264 g/mol. The quantitative estimate of drug-likeness (QED) is 0.794. The summed E-state index contributed by atoms with van der Waals surface area (Å²) >= 11 is 0. The highest BCUT2D eigenvalue weighted by Gasteiger charge is 2.19. The predicted octanol–water partition coefficient (Wildman–Crippen LogP) is 2.60. The molecule has 1 heterocycles. The first kappa shape index (κ1) is 13.3. The summed E-state index contributed by atoms with van der Waals surface area (Å²) in [6.45, 7) is 3.75. The van der Waals surface area contributed by atoms with Crippen LogP contribution in [0.15, 0.2) is 27.4 Å². The van der Waals surface area contributed by atoms with Gasteiger partial charge in [0.1, 0.15) is 0 Å². The lowest BCUT2D eigenvalue weighted by molar-refractivity contribution is 0.229. The molecular weight excluding hydrogens is 248 g/mol. The number of fused-ring (bicyclic) bond motifs is 1. The van der Waals surface area contributed by atoms with Crippen LogP contribution in [-0.2, 0) is 0 Å². The number of methoxy groups -OCH3 is 2. The summed E-state index contributed by atoms with van der Waals surface area (Å²) in [5.41, 5.74) is -0.235. The maximum Gasteiger partial charge on any atom is 0.383 e. The van der Waals surface area contributed by atoms with Crippen LogP contribution in [0.5, 0.6) is 17.2 Å². The van der Waals surface area contributed by atoms with Crippen molar-refractivity contribution in [3.8, 4) is 17.2 Å². The van der Waals surface area contributed by atoms with Crippen molar-refractivity contribution in [3.05, 3.63) is 28.6 Å². The Morgan fingerprint density at radius 1 is 1.11 bits per heavy atom. The van der Waals surface area contributed by atoms with Crippen LogP contribution in [0, 0.1) is 0 Å². The molecule has 2 rings (SSSR count).